The molecule has 0 fully saturated rings. The van der Waals surface area contributed by atoms with Gasteiger partial charge in [0.15, 0.2) is 0 Å². The zero-order valence-electron chi connectivity index (χ0n) is 22.6. The van der Waals surface area contributed by atoms with E-state index in [1.54, 1.807) is 0 Å². The zero-order valence-corrected chi connectivity index (χ0v) is 22.6. The Labute approximate surface area is 214 Å². The molecule has 0 spiro atoms. The Balaban J connectivity index is 0.000000861. The normalized spacial score (nSPS) is 10.5. The number of rotatable bonds is 4. The van der Waals surface area contributed by atoms with E-state index in [-0.39, 0.29) is 5.56 Å². The highest BCUT2D eigenvalue weighted by Gasteiger charge is 2.17. The van der Waals surface area contributed by atoms with Gasteiger partial charge in [0, 0.05) is 16.8 Å². The second kappa shape index (κ2) is 11.7. The Kier molecular flexibility index (Phi) is 8.70. The van der Waals surface area contributed by atoms with E-state index in [0.29, 0.717) is 12.2 Å². The Morgan fingerprint density at radius 1 is 0.861 bits per heavy atom. The number of aryl methyl sites for hydroxylation is 3. The van der Waals surface area contributed by atoms with Gasteiger partial charge in [0.25, 0.3) is 5.56 Å². The Morgan fingerprint density at radius 2 is 1.56 bits per heavy atom. The standard InChI is InChI=1S/C27H26N4O.2C2H6/c1-4-19-10-7-11-20-15-21(16-30-24-14-8-12-22(28)25(24)18(3)29-30)31(27(32)26(19)20)23-13-6-5-9-17(23)2;2*1-2/h5-15H,4,16,28H2,1-3H3;2*1-2H3. The molecule has 188 valence electrons. The quantitative estimate of drug-likeness (QED) is 0.275. The van der Waals surface area contributed by atoms with Gasteiger partial charge in [-0.25, -0.2) is 0 Å². The summed E-state index contributed by atoms with van der Waals surface area (Å²) in [4.78, 5) is 13.9. The van der Waals surface area contributed by atoms with E-state index in [0.717, 1.165) is 56.3 Å². The average Bonchev–Trinajstić information content (AvgIpc) is 3.23. The molecule has 0 aliphatic carbocycles. The van der Waals surface area contributed by atoms with E-state index in [2.05, 4.69) is 13.0 Å². The third-order valence-electron chi connectivity index (χ3n) is 6.24. The van der Waals surface area contributed by atoms with Crippen LogP contribution in [0.3, 0.4) is 0 Å². The zero-order chi connectivity index (χ0) is 26.4. The fourth-order valence-corrected chi connectivity index (χ4v) is 4.70. The molecular formula is C31H38N4O. The molecule has 5 heteroatoms. The summed E-state index contributed by atoms with van der Waals surface area (Å²) in [6.45, 7) is 14.6. The SMILES string of the molecule is CC.CC.CCc1cccc2cc(Cn3nc(C)c4c(N)cccc43)n(-c3ccccc3C)c(=O)c12. The third-order valence-corrected chi connectivity index (χ3v) is 6.24. The molecule has 0 saturated carbocycles. The maximum absolute atomic E-state index is 13.9. The number of pyridine rings is 1. The summed E-state index contributed by atoms with van der Waals surface area (Å²) in [5.41, 5.74) is 12.7. The maximum atomic E-state index is 13.9. The van der Waals surface area contributed by atoms with Crippen molar-refractivity contribution in [2.24, 2.45) is 0 Å². The molecule has 0 unspecified atom stereocenters. The molecular weight excluding hydrogens is 444 g/mol. The van der Waals surface area contributed by atoms with Crippen molar-refractivity contribution in [2.75, 3.05) is 5.73 Å². The first-order chi connectivity index (χ1) is 17.5. The Bertz CT molecular complexity index is 1540. The van der Waals surface area contributed by atoms with Crippen molar-refractivity contribution in [3.63, 3.8) is 0 Å². The summed E-state index contributed by atoms with van der Waals surface area (Å²) in [5, 5.41) is 7.48. The van der Waals surface area contributed by atoms with Crippen LogP contribution < -0.4 is 11.3 Å². The number of nitrogen functional groups attached to an aromatic ring is 1. The molecule has 2 heterocycles. The summed E-state index contributed by atoms with van der Waals surface area (Å²) in [6, 6.07) is 22.1. The second-order valence-corrected chi connectivity index (χ2v) is 8.28. The molecule has 0 radical (unpaired) electrons. The molecule has 36 heavy (non-hydrogen) atoms. The van der Waals surface area contributed by atoms with E-state index in [4.69, 9.17) is 10.8 Å². The molecule has 5 aromatic rings. The minimum atomic E-state index is 0.0111. The highest BCUT2D eigenvalue weighted by molar-refractivity contribution is 5.93. The average molecular weight is 483 g/mol. The summed E-state index contributed by atoms with van der Waals surface area (Å²) in [6.07, 6.45) is 0.808. The van der Waals surface area contributed by atoms with Gasteiger partial charge < -0.3 is 5.73 Å². The van der Waals surface area contributed by atoms with Gasteiger partial charge in [0.05, 0.1) is 28.8 Å². The predicted octanol–water partition coefficient (Wildman–Crippen LogP) is 7.20. The number of hydrogen-bond donors (Lipinski definition) is 1. The van der Waals surface area contributed by atoms with E-state index >= 15 is 0 Å². The van der Waals surface area contributed by atoms with Crippen LogP contribution in [0.5, 0.6) is 0 Å². The van der Waals surface area contributed by atoms with Crippen LogP contribution in [-0.2, 0) is 13.0 Å². The molecule has 0 saturated heterocycles. The van der Waals surface area contributed by atoms with E-state index in [1.165, 1.54) is 0 Å². The van der Waals surface area contributed by atoms with Gasteiger partial charge in [-0.05, 0) is 61.0 Å². The molecule has 0 bridgehead atoms. The number of hydrogen-bond acceptors (Lipinski definition) is 3. The van der Waals surface area contributed by atoms with E-state index in [1.807, 2.05) is 111 Å². The molecule has 3 aromatic carbocycles. The van der Waals surface area contributed by atoms with Gasteiger partial charge in [-0.3, -0.25) is 14.0 Å². The lowest BCUT2D eigenvalue weighted by molar-refractivity contribution is 0.669. The van der Waals surface area contributed by atoms with E-state index < -0.39 is 0 Å². The lowest BCUT2D eigenvalue weighted by Gasteiger charge is -2.18. The molecule has 0 aliphatic heterocycles. The maximum Gasteiger partial charge on any atom is 0.263 e. The smallest absolute Gasteiger partial charge is 0.263 e. The van der Waals surface area contributed by atoms with Crippen LogP contribution in [0.15, 0.2) is 71.5 Å². The van der Waals surface area contributed by atoms with Crippen LogP contribution in [0.1, 0.15) is 57.1 Å². The van der Waals surface area contributed by atoms with Crippen molar-refractivity contribution in [2.45, 2.75) is 61.4 Å². The number of fused-ring (bicyclic) bond motifs is 2. The highest BCUT2D eigenvalue weighted by atomic mass is 16.1. The highest BCUT2D eigenvalue weighted by Crippen LogP contribution is 2.26. The van der Waals surface area contributed by atoms with E-state index in [9.17, 15) is 4.79 Å². The molecule has 5 rings (SSSR count). The van der Waals surface area contributed by atoms with Crippen LogP contribution in [0, 0.1) is 13.8 Å². The predicted molar refractivity (Wildman–Crippen MR) is 154 cm³/mol. The van der Waals surface area contributed by atoms with Crippen molar-refractivity contribution >= 4 is 27.4 Å². The molecule has 0 amide bonds. The first kappa shape index (κ1) is 26.7. The van der Waals surface area contributed by atoms with Gasteiger partial charge in [-0.2, -0.15) is 5.10 Å². The number of benzene rings is 3. The Morgan fingerprint density at radius 3 is 2.25 bits per heavy atom. The fraction of sp³-hybridized carbons (Fsp3) is 0.290. The van der Waals surface area contributed by atoms with Gasteiger partial charge in [-0.15, -0.1) is 0 Å². The van der Waals surface area contributed by atoms with Crippen LogP contribution in [0.2, 0.25) is 0 Å². The van der Waals surface area contributed by atoms with Gasteiger partial charge >= 0.3 is 0 Å². The minimum Gasteiger partial charge on any atom is -0.398 e. The fourth-order valence-electron chi connectivity index (χ4n) is 4.70. The lowest BCUT2D eigenvalue weighted by atomic mass is 10.0. The van der Waals surface area contributed by atoms with Crippen molar-refractivity contribution < 1.29 is 0 Å². The number of aromatic nitrogens is 3. The van der Waals surface area contributed by atoms with Crippen LogP contribution in [0.25, 0.3) is 27.4 Å². The summed E-state index contributed by atoms with van der Waals surface area (Å²) >= 11 is 0. The summed E-state index contributed by atoms with van der Waals surface area (Å²) < 4.78 is 3.80. The monoisotopic (exact) mass is 482 g/mol. The summed E-state index contributed by atoms with van der Waals surface area (Å²) in [5.74, 6) is 0. The van der Waals surface area contributed by atoms with Gasteiger partial charge in [0.1, 0.15) is 0 Å². The van der Waals surface area contributed by atoms with Crippen molar-refractivity contribution in [3.05, 3.63) is 99.6 Å². The van der Waals surface area contributed by atoms with Crippen LogP contribution in [-0.4, -0.2) is 14.3 Å². The molecule has 2 N–H and O–H groups in total. The first-order valence-corrected chi connectivity index (χ1v) is 12.9. The molecule has 2 aromatic heterocycles. The van der Waals surface area contributed by atoms with Crippen molar-refractivity contribution in [1.82, 2.24) is 14.3 Å². The van der Waals surface area contributed by atoms with Crippen molar-refractivity contribution in [3.8, 4) is 5.69 Å². The van der Waals surface area contributed by atoms with Crippen LogP contribution >= 0.6 is 0 Å². The lowest BCUT2D eigenvalue weighted by Crippen LogP contribution is -2.25. The van der Waals surface area contributed by atoms with Crippen molar-refractivity contribution in [1.29, 1.82) is 0 Å². The number of nitrogens with zero attached hydrogens (tertiary/aromatic N) is 3. The second-order valence-electron chi connectivity index (χ2n) is 8.28. The number of anilines is 1. The molecule has 5 nitrogen and oxygen atoms in total. The third kappa shape index (κ3) is 4.78. The minimum absolute atomic E-state index is 0.0111. The Hall–Kier alpha value is -3.86. The summed E-state index contributed by atoms with van der Waals surface area (Å²) in [7, 11) is 0. The number of nitrogens with two attached hydrogens (primary N) is 1. The van der Waals surface area contributed by atoms with Gasteiger partial charge in [0.2, 0.25) is 0 Å². The largest absolute Gasteiger partial charge is 0.398 e. The number of para-hydroxylation sites is 1. The topological polar surface area (TPSA) is 65.8 Å². The van der Waals surface area contributed by atoms with Gasteiger partial charge in [-0.1, -0.05) is 77.1 Å². The first-order valence-electron chi connectivity index (χ1n) is 12.9. The van der Waals surface area contributed by atoms with Crippen LogP contribution in [0.4, 0.5) is 5.69 Å². The molecule has 0 atom stereocenters. The molecule has 0 aliphatic rings.